The van der Waals surface area contributed by atoms with E-state index in [-0.39, 0.29) is 0 Å². The average molecular weight is 705 g/mol. The second-order valence-electron chi connectivity index (χ2n) is 17.8. The Morgan fingerprint density at radius 2 is 0.420 bits per heavy atom. The minimum atomic E-state index is 0.887. The summed E-state index contributed by atoms with van der Waals surface area (Å²) in [5, 5.41) is 0. The van der Waals surface area contributed by atoms with Gasteiger partial charge in [0, 0.05) is 0 Å². The van der Waals surface area contributed by atoms with E-state index >= 15 is 0 Å². The topological polar surface area (TPSA) is 0 Å². The van der Waals surface area contributed by atoms with E-state index in [2.05, 4.69) is 34.9 Å². The van der Waals surface area contributed by atoms with Gasteiger partial charge in [0.1, 0.15) is 0 Å². The molecule has 0 aliphatic carbocycles. The van der Waals surface area contributed by atoms with Crippen molar-refractivity contribution >= 4 is 0 Å². The van der Waals surface area contributed by atoms with E-state index in [1.165, 1.54) is 281 Å². The molecule has 0 rings (SSSR count). The van der Waals surface area contributed by atoms with Gasteiger partial charge < -0.3 is 4.48 Å². The number of hydrogen-bond acceptors (Lipinski definition) is 0. The molecule has 0 radical (unpaired) electrons. The number of quaternary nitrogens is 1. The standard InChI is InChI=1S/C49H102N/c1-6-9-12-15-18-21-24-26-28-29-31-33-36-39-42-45-48-50(4,5)49(46-43-40-37-34-23-20-17-14-11-8-3)47-44-41-38-35-32-30-27-25-22-19-16-13-10-7-2/h49H,6-48H2,1-5H3/q+1. The van der Waals surface area contributed by atoms with Crippen molar-refractivity contribution in [2.45, 2.75) is 296 Å². The van der Waals surface area contributed by atoms with Crippen LogP contribution in [0.4, 0.5) is 0 Å². The molecule has 50 heavy (non-hydrogen) atoms. The van der Waals surface area contributed by atoms with Crippen LogP contribution in [0.3, 0.4) is 0 Å². The van der Waals surface area contributed by atoms with Crippen LogP contribution in [0.25, 0.3) is 0 Å². The summed E-state index contributed by atoms with van der Waals surface area (Å²) >= 11 is 0. The molecule has 0 spiro atoms. The van der Waals surface area contributed by atoms with Crippen LogP contribution >= 0.6 is 0 Å². The van der Waals surface area contributed by atoms with Crippen molar-refractivity contribution in [1.82, 2.24) is 0 Å². The summed E-state index contributed by atoms with van der Waals surface area (Å²) in [5.74, 6) is 0. The Kier molecular flexibility index (Phi) is 41.7. The highest BCUT2D eigenvalue weighted by molar-refractivity contribution is 4.62. The van der Waals surface area contributed by atoms with Crippen LogP contribution in [0, 0.1) is 0 Å². The molecular weight excluding hydrogens is 603 g/mol. The first-order chi connectivity index (χ1) is 24.6. The molecule has 0 heterocycles. The fourth-order valence-electron chi connectivity index (χ4n) is 8.54. The first-order valence-corrected chi connectivity index (χ1v) is 24.4. The number of unbranched alkanes of at least 4 members (excludes halogenated alkanes) is 37. The molecule has 1 unspecified atom stereocenters. The number of hydrogen-bond donors (Lipinski definition) is 0. The van der Waals surface area contributed by atoms with Crippen molar-refractivity contribution in [2.75, 3.05) is 20.6 Å². The number of nitrogens with zero attached hydrogens (tertiary/aromatic N) is 1. The summed E-state index contributed by atoms with van der Waals surface area (Å²) in [4.78, 5) is 0. The molecule has 1 heteroatoms. The van der Waals surface area contributed by atoms with Crippen molar-refractivity contribution < 1.29 is 4.48 Å². The van der Waals surface area contributed by atoms with Gasteiger partial charge in [0.15, 0.2) is 0 Å². The Balaban J connectivity index is 4.14. The fourth-order valence-corrected chi connectivity index (χ4v) is 8.54. The molecule has 302 valence electrons. The zero-order valence-electron chi connectivity index (χ0n) is 36.4. The van der Waals surface area contributed by atoms with Crippen LogP contribution in [0.1, 0.15) is 290 Å². The predicted molar refractivity (Wildman–Crippen MR) is 232 cm³/mol. The van der Waals surface area contributed by atoms with Crippen molar-refractivity contribution in [1.29, 1.82) is 0 Å². The summed E-state index contributed by atoms with van der Waals surface area (Å²) in [6.45, 7) is 8.37. The van der Waals surface area contributed by atoms with Gasteiger partial charge in [0.2, 0.25) is 0 Å². The molecule has 0 fully saturated rings. The van der Waals surface area contributed by atoms with Gasteiger partial charge in [-0.25, -0.2) is 0 Å². The zero-order valence-corrected chi connectivity index (χ0v) is 36.4. The van der Waals surface area contributed by atoms with Crippen molar-refractivity contribution in [3.05, 3.63) is 0 Å². The third kappa shape index (κ3) is 37.7. The summed E-state index contributed by atoms with van der Waals surface area (Å²) in [6.07, 6.45) is 61.6. The first kappa shape index (κ1) is 50.0. The Morgan fingerprint density at radius 1 is 0.240 bits per heavy atom. The van der Waals surface area contributed by atoms with Gasteiger partial charge in [-0.2, -0.15) is 0 Å². The maximum Gasteiger partial charge on any atom is 0.0886 e. The van der Waals surface area contributed by atoms with Gasteiger partial charge in [-0.3, -0.25) is 0 Å². The Labute approximate surface area is 320 Å². The van der Waals surface area contributed by atoms with Crippen LogP contribution in [0.15, 0.2) is 0 Å². The summed E-state index contributed by atoms with van der Waals surface area (Å²) in [5.41, 5.74) is 0. The third-order valence-electron chi connectivity index (χ3n) is 12.4. The maximum atomic E-state index is 2.59. The maximum absolute atomic E-state index is 2.59. The van der Waals surface area contributed by atoms with Crippen LogP contribution in [-0.4, -0.2) is 31.2 Å². The molecule has 0 amide bonds. The average Bonchev–Trinajstić information content (AvgIpc) is 3.11. The van der Waals surface area contributed by atoms with Gasteiger partial charge in [-0.05, 0) is 38.5 Å². The SMILES string of the molecule is CCCCCCCCCCCCCCCCCC[N+](C)(C)C(CCCCCCCCCCCC)CCCCCCCCCCCCCCCC. The smallest absolute Gasteiger partial charge is 0.0886 e. The lowest BCUT2D eigenvalue weighted by Crippen LogP contribution is -2.49. The van der Waals surface area contributed by atoms with Gasteiger partial charge in [0.25, 0.3) is 0 Å². The van der Waals surface area contributed by atoms with Crippen LogP contribution in [0.5, 0.6) is 0 Å². The number of rotatable bonds is 44. The van der Waals surface area contributed by atoms with Gasteiger partial charge in [-0.1, -0.05) is 252 Å². The monoisotopic (exact) mass is 705 g/mol. The lowest BCUT2D eigenvalue weighted by atomic mass is 9.96. The highest BCUT2D eigenvalue weighted by atomic mass is 15.3. The van der Waals surface area contributed by atoms with E-state index < -0.39 is 0 Å². The van der Waals surface area contributed by atoms with E-state index in [4.69, 9.17) is 0 Å². The molecule has 0 saturated carbocycles. The summed E-state index contributed by atoms with van der Waals surface area (Å²) in [6, 6.07) is 0.887. The molecule has 0 aromatic carbocycles. The van der Waals surface area contributed by atoms with Crippen molar-refractivity contribution in [2.24, 2.45) is 0 Å². The molecule has 0 aliphatic rings. The lowest BCUT2D eigenvalue weighted by molar-refractivity contribution is -0.916. The second kappa shape index (κ2) is 41.7. The zero-order chi connectivity index (χ0) is 36.5. The molecule has 1 atom stereocenters. The van der Waals surface area contributed by atoms with E-state index in [9.17, 15) is 0 Å². The Bertz CT molecular complexity index is 596. The lowest BCUT2D eigenvalue weighted by Gasteiger charge is -2.39. The molecule has 0 bridgehead atoms. The fraction of sp³-hybridized carbons (Fsp3) is 1.00. The van der Waals surface area contributed by atoms with Crippen LogP contribution in [-0.2, 0) is 0 Å². The molecule has 0 N–H and O–H groups in total. The van der Waals surface area contributed by atoms with E-state index in [0.717, 1.165) is 6.04 Å². The molecule has 0 aromatic rings. The van der Waals surface area contributed by atoms with Crippen molar-refractivity contribution in [3.63, 3.8) is 0 Å². The van der Waals surface area contributed by atoms with Crippen LogP contribution in [0.2, 0.25) is 0 Å². The van der Waals surface area contributed by atoms with E-state index in [1.54, 1.807) is 0 Å². The second-order valence-corrected chi connectivity index (χ2v) is 17.8. The molecular formula is C49H102N+. The van der Waals surface area contributed by atoms with Gasteiger partial charge >= 0.3 is 0 Å². The van der Waals surface area contributed by atoms with Crippen molar-refractivity contribution in [3.8, 4) is 0 Å². The molecule has 1 nitrogen and oxygen atoms in total. The summed E-state index contributed by atoms with van der Waals surface area (Å²) < 4.78 is 1.29. The quantitative estimate of drug-likeness (QED) is 0.0437. The summed E-state index contributed by atoms with van der Waals surface area (Å²) in [7, 11) is 5.19. The third-order valence-corrected chi connectivity index (χ3v) is 12.4. The first-order valence-electron chi connectivity index (χ1n) is 24.4. The molecule has 0 saturated heterocycles. The van der Waals surface area contributed by atoms with Gasteiger partial charge in [0.05, 0.1) is 26.7 Å². The van der Waals surface area contributed by atoms with E-state index in [1.807, 2.05) is 0 Å². The Morgan fingerprint density at radius 3 is 0.640 bits per heavy atom. The van der Waals surface area contributed by atoms with Gasteiger partial charge in [-0.15, -0.1) is 0 Å². The predicted octanol–water partition coefficient (Wildman–Crippen LogP) is 17.9. The molecule has 0 aliphatic heterocycles. The highest BCUT2D eigenvalue weighted by Gasteiger charge is 2.26. The Hall–Kier alpha value is -0.0400. The molecule has 0 aromatic heterocycles. The normalized spacial score (nSPS) is 12.7. The highest BCUT2D eigenvalue weighted by Crippen LogP contribution is 2.24. The van der Waals surface area contributed by atoms with E-state index in [0.29, 0.717) is 0 Å². The van der Waals surface area contributed by atoms with Crippen LogP contribution < -0.4 is 0 Å². The minimum absolute atomic E-state index is 0.887. The largest absolute Gasteiger partial charge is 0.326 e. The minimum Gasteiger partial charge on any atom is -0.326 e.